The minimum Gasteiger partial charge on any atom is -0.166 e. The molecule has 0 aliphatic rings. The van der Waals surface area contributed by atoms with Gasteiger partial charge in [0.1, 0.15) is 0 Å². The van der Waals surface area contributed by atoms with E-state index in [1.54, 1.807) is 0 Å². The standard InChI is InChI=1S/C19H14N/c1-2-8-17-14-20(13-12-15(17)6-1)19-11-5-9-16-7-3-4-10-18(16)19/h1-14H/q+1. The molecule has 0 saturated heterocycles. The van der Waals surface area contributed by atoms with Crippen LogP contribution < -0.4 is 4.57 Å². The molecule has 0 bridgehead atoms. The minimum absolute atomic E-state index is 1.22. The lowest BCUT2D eigenvalue weighted by molar-refractivity contribution is -0.592. The molecule has 20 heavy (non-hydrogen) atoms. The minimum atomic E-state index is 1.22. The zero-order chi connectivity index (χ0) is 13.4. The first-order chi connectivity index (χ1) is 9.92. The number of hydrogen-bond donors (Lipinski definition) is 0. The van der Waals surface area contributed by atoms with Crippen molar-refractivity contribution in [2.75, 3.05) is 0 Å². The van der Waals surface area contributed by atoms with Gasteiger partial charge in [-0.15, -0.1) is 0 Å². The van der Waals surface area contributed by atoms with Gasteiger partial charge in [0.25, 0.3) is 0 Å². The van der Waals surface area contributed by atoms with E-state index in [2.05, 4.69) is 89.8 Å². The van der Waals surface area contributed by atoms with Crippen LogP contribution in [0.15, 0.2) is 85.2 Å². The molecule has 3 aromatic carbocycles. The normalized spacial score (nSPS) is 11.0. The molecule has 0 amide bonds. The molecule has 1 aromatic heterocycles. The number of pyridine rings is 1. The van der Waals surface area contributed by atoms with Gasteiger partial charge in [-0.2, -0.15) is 4.57 Å². The van der Waals surface area contributed by atoms with Crippen molar-refractivity contribution in [3.8, 4) is 5.69 Å². The Morgan fingerprint density at radius 2 is 1.25 bits per heavy atom. The quantitative estimate of drug-likeness (QED) is 0.448. The van der Waals surface area contributed by atoms with Crippen LogP contribution in [0, 0.1) is 0 Å². The highest BCUT2D eigenvalue weighted by Crippen LogP contribution is 2.19. The number of benzene rings is 3. The fourth-order valence-corrected chi connectivity index (χ4v) is 2.72. The maximum Gasteiger partial charge on any atom is 0.218 e. The first-order valence-electron chi connectivity index (χ1n) is 6.80. The van der Waals surface area contributed by atoms with Crippen LogP contribution in [0.2, 0.25) is 0 Å². The fraction of sp³-hybridized carbons (Fsp3) is 0. The summed E-state index contributed by atoms with van der Waals surface area (Å²) in [6, 6.07) is 25.5. The smallest absolute Gasteiger partial charge is 0.166 e. The van der Waals surface area contributed by atoms with Crippen molar-refractivity contribution in [1.82, 2.24) is 0 Å². The van der Waals surface area contributed by atoms with Crippen LogP contribution in [0.1, 0.15) is 0 Å². The Morgan fingerprint density at radius 1 is 0.550 bits per heavy atom. The molecule has 0 spiro atoms. The largest absolute Gasteiger partial charge is 0.218 e. The van der Waals surface area contributed by atoms with E-state index in [0.29, 0.717) is 0 Å². The Hall–Kier alpha value is -2.67. The molecular weight excluding hydrogens is 242 g/mol. The molecular formula is C19H14N+. The van der Waals surface area contributed by atoms with Gasteiger partial charge in [-0.05, 0) is 22.9 Å². The Morgan fingerprint density at radius 3 is 2.15 bits per heavy atom. The molecule has 0 radical (unpaired) electrons. The summed E-state index contributed by atoms with van der Waals surface area (Å²) in [7, 11) is 0. The second-order valence-corrected chi connectivity index (χ2v) is 4.98. The second-order valence-electron chi connectivity index (χ2n) is 4.98. The molecule has 94 valence electrons. The average molecular weight is 256 g/mol. The Bertz CT molecular complexity index is 904. The van der Waals surface area contributed by atoms with E-state index in [-0.39, 0.29) is 0 Å². The van der Waals surface area contributed by atoms with E-state index in [4.69, 9.17) is 0 Å². The molecule has 0 unspecified atom stereocenters. The van der Waals surface area contributed by atoms with Crippen molar-refractivity contribution in [1.29, 1.82) is 0 Å². The van der Waals surface area contributed by atoms with E-state index in [1.807, 2.05) is 0 Å². The number of hydrogen-bond acceptors (Lipinski definition) is 0. The summed E-state index contributed by atoms with van der Waals surface area (Å²) in [6.45, 7) is 0. The van der Waals surface area contributed by atoms with E-state index in [0.717, 1.165) is 0 Å². The third-order valence-corrected chi connectivity index (χ3v) is 3.73. The highest BCUT2D eigenvalue weighted by atomic mass is 14.9. The third-order valence-electron chi connectivity index (χ3n) is 3.73. The van der Waals surface area contributed by atoms with Gasteiger partial charge in [0.15, 0.2) is 12.4 Å². The lowest BCUT2D eigenvalue weighted by atomic mass is 10.1. The van der Waals surface area contributed by atoms with Gasteiger partial charge in [0.05, 0.1) is 5.39 Å². The van der Waals surface area contributed by atoms with Gasteiger partial charge in [-0.25, -0.2) is 0 Å². The Labute approximate surface area is 117 Å². The van der Waals surface area contributed by atoms with Crippen molar-refractivity contribution in [2.45, 2.75) is 0 Å². The molecule has 0 aliphatic carbocycles. The van der Waals surface area contributed by atoms with Gasteiger partial charge < -0.3 is 0 Å². The summed E-state index contributed by atoms with van der Waals surface area (Å²) in [6.07, 6.45) is 4.32. The predicted octanol–water partition coefficient (Wildman–Crippen LogP) is 4.27. The molecule has 0 fully saturated rings. The van der Waals surface area contributed by atoms with E-state index >= 15 is 0 Å². The van der Waals surface area contributed by atoms with Crippen LogP contribution in [-0.2, 0) is 0 Å². The molecule has 0 atom stereocenters. The number of aromatic nitrogens is 1. The van der Waals surface area contributed by atoms with Crippen molar-refractivity contribution in [3.05, 3.63) is 85.2 Å². The van der Waals surface area contributed by atoms with E-state index in [9.17, 15) is 0 Å². The van der Waals surface area contributed by atoms with Crippen molar-refractivity contribution >= 4 is 21.5 Å². The van der Waals surface area contributed by atoms with E-state index in [1.165, 1.54) is 27.2 Å². The summed E-state index contributed by atoms with van der Waals surface area (Å²) >= 11 is 0. The first-order valence-corrected chi connectivity index (χ1v) is 6.80. The topological polar surface area (TPSA) is 3.88 Å². The summed E-state index contributed by atoms with van der Waals surface area (Å²) in [5.41, 5.74) is 1.22. The summed E-state index contributed by atoms with van der Waals surface area (Å²) in [4.78, 5) is 0. The number of nitrogens with zero attached hydrogens (tertiary/aromatic N) is 1. The fourth-order valence-electron chi connectivity index (χ4n) is 2.72. The number of rotatable bonds is 1. The maximum absolute atomic E-state index is 2.20. The molecule has 4 rings (SSSR count). The van der Waals surface area contributed by atoms with Gasteiger partial charge in [0, 0.05) is 17.5 Å². The van der Waals surface area contributed by atoms with Gasteiger partial charge >= 0.3 is 0 Å². The average Bonchev–Trinajstić information content (AvgIpc) is 2.54. The second kappa shape index (κ2) is 4.46. The first kappa shape index (κ1) is 11.2. The zero-order valence-electron chi connectivity index (χ0n) is 11.0. The summed E-state index contributed by atoms with van der Waals surface area (Å²) < 4.78 is 2.20. The molecule has 1 heteroatoms. The van der Waals surface area contributed by atoms with Crippen LogP contribution in [-0.4, -0.2) is 0 Å². The van der Waals surface area contributed by atoms with Gasteiger partial charge in [-0.3, -0.25) is 0 Å². The van der Waals surface area contributed by atoms with Crippen LogP contribution in [0.5, 0.6) is 0 Å². The maximum atomic E-state index is 2.20. The third kappa shape index (κ3) is 1.76. The summed E-state index contributed by atoms with van der Waals surface area (Å²) in [5.74, 6) is 0. The van der Waals surface area contributed by atoms with Gasteiger partial charge in [-0.1, -0.05) is 48.5 Å². The predicted molar refractivity (Wildman–Crippen MR) is 83.0 cm³/mol. The molecule has 0 N–H and O–H groups in total. The molecule has 1 heterocycles. The molecule has 0 aliphatic heterocycles. The summed E-state index contributed by atoms with van der Waals surface area (Å²) in [5, 5.41) is 5.06. The Balaban J connectivity index is 2.01. The number of fused-ring (bicyclic) bond motifs is 2. The van der Waals surface area contributed by atoms with Crippen LogP contribution in [0.4, 0.5) is 0 Å². The zero-order valence-corrected chi connectivity index (χ0v) is 11.0. The molecule has 0 saturated carbocycles. The monoisotopic (exact) mass is 256 g/mol. The van der Waals surface area contributed by atoms with Crippen LogP contribution in [0.3, 0.4) is 0 Å². The lowest BCUT2D eigenvalue weighted by Gasteiger charge is -2.02. The van der Waals surface area contributed by atoms with Crippen LogP contribution in [0.25, 0.3) is 27.2 Å². The SMILES string of the molecule is c1ccc2c[n+](-c3cccc4ccccc34)ccc2c1. The highest BCUT2D eigenvalue weighted by molar-refractivity contribution is 5.88. The van der Waals surface area contributed by atoms with Crippen molar-refractivity contribution < 1.29 is 4.57 Å². The lowest BCUT2D eigenvalue weighted by Crippen LogP contribution is -2.29. The van der Waals surface area contributed by atoms with E-state index < -0.39 is 0 Å². The molecule has 4 aromatic rings. The molecule has 1 nitrogen and oxygen atoms in total. The Kier molecular flexibility index (Phi) is 2.49. The highest BCUT2D eigenvalue weighted by Gasteiger charge is 2.10. The van der Waals surface area contributed by atoms with Crippen molar-refractivity contribution in [2.24, 2.45) is 0 Å². The van der Waals surface area contributed by atoms with Crippen LogP contribution >= 0.6 is 0 Å². The van der Waals surface area contributed by atoms with Crippen molar-refractivity contribution in [3.63, 3.8) is 0 Å². The van der Waals surface area contributed by atoms with Gasteiger partial charge in [0.2, 0.25) is 5.69 Å².